The molecule has 0 saturated heterocycles. The molecule has 0 aliphatic carbocycles. The third-order valence-corrected chi connectivity index (χ3v) is 14.2. The Kier molecular flexibility index (Phi) is 22.8. The minimum atomic E-state index is -0.502. The van der Waals surface area contributed by atoms with Crippen molar-refractivity contribution in [1.29, 1.82) is 0 Å². The molecule has 408 valence electrons. The molecule has 0 atom stereocenters. The van der Waals surface area contributed by atoms with E-state index in [2.05, 4.69) is 25.3 Å². The van der Waals surface area contributed by atoms with E-state index in [0.29, 0.717) is 86.0 Å². The number of rotatable bonds is 18. The van der Waals surface area contributed by atoms with Crippen molar-refractivity contribution in [2.45, 2.75) is 84.2 Å². The first-order valence-corrected chi connectivity index (χ1v) is 28.1. The molecule has 0 radical (unpaired) electrons. The lowest BCUT2D eigenvalue weighted by Gasteiger charge is -2.16. The maximum Gasteiger partial charge on any atom is 0.354 e. The zero-order valence-electron chi connectivity index (χ0n) is 43.2. The zero-order chi connectivity index (χ0) is 56.5. The third kappa shape index (κ3) is 16.2. The first kappa shape index (κ1) is 60.6. The van der Waals surface area contributed by atoms with E-state index in [1.165, 1.54) is 61.3 Å². The first-order valence-electron chi connectivity index (χ1n) is 24.2. The molecule has 0 spiro atoms. The van der Waals surface area contributed by atoms with E-state index in [4.69, 9.17) is 68.7 Å². The molecule has 8 rings (SSSR count). The van der Waals surface area contributed by atoms with E-state index in [1.54, 1.807) is 66.1 Å². The summed E-state index contributed by atoms with van der Waals surface area (Å²) in [6, 6.07) is 30.5. The summed E-state index contributed by atoms with van der Waals surface area (Å²) >= 11 is 31.2. The topological polar surface area (TPSA) is 197 Å². The van der Waals surface area contributed by atoms with E-state index in [1.807, 2.05) is 76.2 Å². The summed E-state index contributed by atoms with van der Waals surface area (Å²) in [5.74, 6) is 2.30. The summed E-state index contributed by atoms with van der Waals surface area (Å²) in [5.41, 5.74) is 2.56. The molecule has 0 unspecified atom stereocenters. The number of esters is 1. The molecule has 0 amide bonds. The van der Waals surface area contributed by atoms with Gasteiger partial charge in [0.2, 0.25) is 15.5 Å². The number of halogens is 3. The summed E-state index contributed by atoms with van der Waals surface area (Å²) in [4.78, 5) is 78.6. The monoisotopic (exact) mass is 1190 g/mol. The van der Waals surface area contributed by atoms with E-state index >= 15 is 0 Å². The normalized spacial score (nSPS) is 10.7. The van der Waals surface area contributed by atoms with Crippen LogP contribution >= 0.6 is 82.8 Å². The lowest BCUT2D eigenvalue weighted by Crippen LogP contribution is -2.42. The summed E-state index contributed by atoms with van der Waals surface area (Å²) in [5, 5.41) is 6.22. The number of benzene rings is 4. The lowest BCUT2D eigenvalue weighted by atomic mass is 10.2. The van der Waals surface area contributed by atoms with Crippen molar-refractivity contribution in [3.8, 4) is 11.5 Å². The number of thioether (sulfide) groups is 2. The molecule has 0 bridgehead atoms. The van der Waals surface area contributed by atoms with Crippen molar-refractivity contribution >= 4 is 100 Å². The molecule has 0 saturated carbocycles. The highest BCUT2D eigenvalue weighted by Crippen LogP contribution is 2.25. The molecule has 4 aromatic carbocycles. The fourth-order valence-electron chi connectivity index (χ4n) is 7.24. The quantitative estimate of drug-likeness (QED) is 0.0483. The maximum absolute atomic E-state index is 13.2. The molecule has 4 aromatic heterocycles. The lowest BCUT2D eigenvalue weighted by molar-refractivity contribution is 0.0600. The number of ether oxygens (including phenoxy) is 2. The van der Waals surface area contributed by atoms with E-state index in [-0.39, 0.29) is 33.9 Å². The van der Waals surface area contributed by atoms with Gasteiger partial charge in [-0.2, -0.15) is 15.0 Å². The molecule has 78 heavy (non-hydrogen) atoms. The van der Waals surface area contributed by atoms with Crippen LogP contribution in [0.4, 0.5) is 11.6 Å². The SMILES string of the molecule is CCSc1nc(=O)n(CC)c(=O)n1Cc1ccc(Cl)cc1.CCSc1nc(=S)n(CC)c(=O)n1Cc1ccc(Cl)cc1.CCn1c(=S)nc(Nc2ccc(Oc3cncc(C(=O)OC)c3)cc2)n(Cc2ccc(Cl)cc2)c1=O. The molecule has 25 heteroatoms. The van der Waals surface area contributed by atoms with Crippen molar-refractivity contribution in [3.05, 3.63) is 204 Å². The average Bonchev–Trinajstić information content (AvgIpc) is 3.42. The first-order chi connectivity index (χ1) is 37.5. The smallest absolute Gasteiger partial charge is 0.354 e. The van der Waals surface area contributed by atoms with E-state index in [9.17, 15) is 24.0 Å². The van der Waals surface area contributed by atoms with Crippen LogP contribution in [0, 0.1) is 9.54 Å². The van der Waals surface area contributed by atoms with Gasteiger partial charge in [0.15, 0.2) is 10.3 Å². The Hall–Kier alpha value is -6.66. The molecular formula is C53H54Cl3N11O7S4. The van der Waals surface area contributed by atoms with Gasteiger partial charge in [-0.3, -0.25) is 27.8 Å². The van der Waals surface area contributed by atoms with Gasteiger partial charge >= 0.3 is 28.7 Å². The van der Waals surface area contributed by atoms with Crippen LogP contribution in [0.1, 0.15) is 61.7 Å². The number of hydrogen-bond donors (Lipinski definition) is 1. The zero-order valence-corrected chi connectivity index (χ0v) is 48.8. The van der Waals surface area contributed by atoms with Crippen LogP contribution in [0.5, 0.6) is 11.5 Å². The number of carbonyl (C=O) groups is 1. The van der Waals surface area contributed by atoms with Crippen LogP contribution in [0.25, 0.3) is 0 Å². The number of carbonyl (C=O) groups excluding carboxylic acids is 1. The molecule has 0 aliphatic rings. The van der Waals surface area contributed by atoms with Crippen LogP contribution in [-0.4, -0.2) is 71.9 Å². The van der Waals surface area contributed by atoms with Gasteiger partial charge in [-0.05, 0) is 140 Å². The predicted octanol–water partition coefficient (Wildman–Crippen LogP) is 11.1. The minimum absolute atomic E-state index is 0.122. The van der Waals surface area contributed by atoms with Crippen molar-refractivity contribution in [2.75, 3.05) is 23.9 Å². The van der Waals surface area contributed by atoms with Gasteiger partial charge in [-0.15, -0.1) is 0 Å². The Morgan fingerprint density at radius 2 is 0.987 bits per heavy atom. The maximum atomic E-state index is 13.2. The highest BCUT2D eigenvalue weighted by molar-refractivity contribution is 7.99. The Morgan fingerprint density at radius 3 is 1.45 bits per heavy atom. The number of nitrogens with one attached hydrogen (secondary N) is 1. The van der Waals surface area contributed by atoms with E-state index < -0.39 is 11.7 Å². The Balaban J connectivity index is 0.000000202. The van der Waals surface area contributed by atoms with Gasteiger partial charge < -0.3 is 14.8 Å². The molecule has 0 fully saturated rings. The number of methoxy groups -OCH3 is 1. The second kappa shape index (κ2) is 29.4. The number of hydrogen-bond acceptors (Lipinski definition) is 16. The number of pyridine rings is 1. The highest BCUT2D eigenvalue weighted by atomic mass is 35.5. The highest BCUT2D eigenvalue weighted by Gasteiger charge is 2.16. The van der Waals surface area contributed by atoms with Gasteiger partial charge in [0.25, 0.3) is 0 Å². The van der Waals surface area contributed by atoms with Crippen molar-refractivity contribution in [2.24, 2.45) is 0 Å². The van der Waals surface area contributed by atoms with Crippen LogP contribution in [0.2, 0.25) is 15.1 Å². The molecular weight excluding hydrogens is 1140 g/mol. The second-order valence-electron chi connectivity index (χ2n) is 16.3. The standard InChI is InChI=1S/C25H22ClN5O4S.C14H16ClN3O2S.C14H16ClN3OS2/c1-3-30-24(36)29-23(31(25(30)33)15-16-4-6-18(26)7-5-16)28-19-8-10-20(11-9-19)35-21-12-17(13-27-14-21)22(32)34-2;1-3-17-12(19)16-13(21-4-2)18(14(17)20)9-10-5-7-11(15)8-6-10;1-3-17-12(20)16-13(21-4-2)18(14(17)19)9-10-5-7-11(15)8-6-10/h4-14H,3,15H2,1-2H3,(H,28,29,36);2*5-8H,3-4,9H2,1-2H3. The van der Waals surface area contributed by atoms with Crippen molar-refractivity contribution in [3.63, 3.8) is 0 Å². The molecule has 0 aliphatic heterocycles. The Bertz CT molecular complexity index is 3590. The largest absolute Gasteiger partial charge is 0.465 e. The van der Waals surface area contributed by atoms with Gasteiger partial charge in [0.05, 0.1) is 38.5 Å². The molecule has 4 heterocycles. The summed E-state index contributed by atoms with van der Waals surface area (Å²) in [6.07, 6.45) is 2.90. The van der Waals surface area contributed by atoms with Crippen molar-refractivity contribution < 1.29 is 14.3 Å². The van der Waals surface area contributed by atoms with Crippen LogP contribution in [0.15, 0.2) is 145 Å². The van der Waals surface area contributed by atoms with Crippen LogP contribution < -0.4 is 32.8 Å². The third-order valence-electron chi connectivity index (χ3n) is 11.1. The molecule has 18 nitrogen and oxygen atoms in total. The summed E-state index contributed by atoms with van der Waals surface area (Å²) in [7, 11) is 1.30. The fraction of sp³-hybridized carbons (Fsp3) is 0.264. The van der Waals surface area contributed by atoms with Crippen LogP contribution in [-0.2, 0) is 44.0 Å². The second-order valence-corrected chi connectivity index (χ2v) is 20.8. The molecule has 1 N–H and O–H groups in total. The van der Waals surface area contributed by atoms with Crippen LogP contribution in [0.3, 0.4) is 0 Å². The Morgan fingerprint density at radius 1 is 0.551 bits per heavy atom. The summed E-state index contributed by atoms with van der Waals surface area (Å²) in [6.45, 7) is 11.8. The van der Waals surface area contributed by atoms with Crippen molar-refractivity contribution in [1.82, 2.24) is 47.3 Å². The summed E-state index contributed by atoms with van der Waals surface area (Å²) < 4.78 is 19.8. The minimum Gasteiger partial charge on any atom is -0.465 e. The fourth-order valence-corrected chi connectivity index (χ4v) is 9.67. The van der Waals surface area contributed by atoms with Gasteiger partial charge in [-0.1, -0.05) is 109 Å². The number of anilines is 2. The number of aromatic nitrogens is 10. The van der Waals surface area contributed by atoms with Gasteiger partial charge in [0, 0.05) is 46.6 Å². The molecule has 8 aromatic rings. The van der Waals surface area contributed by atoms with Gasteiger partial charge in [0.1, 0.15) is 11.5 Å². The average molecular weight is 1190 g/mol. The van der Waals surface area contributed by atoms with Gasteiger partial charge in [-0.25, -0.2) is 28.5 Å². The Labute approximate surface area is 482 Å². The van der Waals surface area contributed by atoms with E-state index in [0.717, 1.165) is 32.8 Å². The predicted molar refractivity (Wildman–Crippen MR) is 314 cm³/mol. The number of nitrogens with zero attached hydrogens (tertiary/aromatic N) is 10.